The minimum atomic E-state index is -0.845. The van der Waals surface area contributed by atoms with Gasteiger partial charge >= 0.3 is 5.97 Å². The summed E-state index contributed by atoms with van der Waals surface area (Å²) in [6.45, 7) is 0. The van der Waals surface area contributed by atoms with Gasteiger partial charge in [0.2, 0.25) is 0 Å². The second kappa shape index (κ2) is 5.71. The molecule has 0 aliphatic rings. The van der Waals surface area contributed by atoms with Crippen molar-refractivity contribution in [1.29, 1.82) is 0 Å². The molecule has 1 N–H and O–H groups in total. The van der Waals surface area contributed by atoms with E-state index in [2.05, 4.69) is 0 Å². The van der Waals surface area contributed by atoms with Gasteiger partial charge in [-0.05, 0) is 17.5 Å². The largest absolute Gasteiger partial charge is 0.481 e. The number of hydrogen-bond acceptors (Lipinski definition) is 3. The molecule has 0 fully saturated rings. The number of carbonyl (C=O) groups is 1. The first-order valence-corrected chi connectivity index (χ1v) is 6.68. The van der Waals surface area contributed by atoms with E-state index in [0.717, 1.165) is 10.8 Å². The fourth-order valence-electron chi connectivity index (χ4n) is 2.17. The molecule has 4 nitrogen and oxygen atoms in total. The van der Waals surface area contributed by atoms with Gasteiger partial charge in [0.05, 0.1) is 6.42 Å². The lowest BCUT2D eigenvalue weighted by molar-refractivity contribution is -0.137. The molecule has 21 heavy (non-hydrogen) atoms. The van der Waals surface area contributed by atoms with Gasteiger partial charge in [-0.15, -0.1) is 0 Å². The van der Waals surface area contributed by atoms with Crippen molar-refractivity contribution in [3.8, 4) is 11.7 Å². The molecule has 0 saturated heterocycles. The SMILES string of the molecule is O=C(O)CCc1ccc(Oc2cccc3ccccc23)o1. The third-order valence-electron chi connectivity index (χ3n) is 3.18. The highest BCUT2D eigenvalue weighted by molar-refractivity contribution is 5.88. The van der Waals surface area contributed by atoms with E-state index >= 15 is 0 Å². The Morgan fingerprint density at radius 3 is 2.71 bits per heavy atom. The second-order valence-corrected chi connectivity index (χ2v) is 4.69. The first-order chi connectivity index (χ1) is 10.2. The summed E-state index contributed by atoms with van der Waals surface area (Å²) in [5, 5.41) is 10.8. The monoisotopic (exact) mass is 282 g/mol. The van der Waals surface area contributed by atoms with Gasteiger partial charge in [-0.25, -0.2) is 0 Å². The van der Waals surface area contributed by atoms with E-state index in [4.69, 9.17) is 14.3 Å². The van der Waals surface area contributed by atoms with E-state index in [1.165, 1.54) is 0 Å². The maximum atomic E-state index is 10.5. The maximum Gasteiger partial charge on any atom is 0.303 e. The third kappa shape index (κ3) is 3.05. The van der Waals surface area contributed by atoms with Crippen LogP contribution >= 0.6 is 0 Å². The molecule has 1 heterocycles. The molecule has 0 bridgehead atoms. The van der Waals surface area contributed by atoms with Gasteiger partial charge in [0.1, 0.15) is 11.5 Å². The average Bonchev–Trinajstić information content (AvgIpc) is 2.93. The zero-order chi connectivity index (χ0) is 14.7. The Kier molecular flexibility index (Phi) is 3.60. The van der Waals surface area contributed by atoms with E-state index in [0.29, 0.717) is 23.9 Å². The van der Waals surface area contributed by atoms with Gasteiger partial charge in [-0.2, -0.15) is 0 Å². The quantitative estimate of drug-likeness (QED) is 0.760. The van der Waals surface area contributed by atoms with Gasteiger partial charge in [0, 0.05) is 17.9 Å². The Bertz CT molecular complexity index is 768. The van der Waals surface area contributed by atoms with Gasteiger partial charge < -0.3 is 14.3 Å². The molecule has 2 aromatic carbocycles. The lowest BCUT2D eigenvalue weighted by Crippen LogP contribution is -1.96. The number of rotatable bonds is 5. The minimum absolute atomic E-state index is 0.0429. The summed E-state index contributed by atoms with van der Waals surface area (Å²) in [4.78, 5) is 10.5. The Balaban J connectivity index is 1.81. The molecule has 0 amide bonds. The molecule has 106 valence electrons. The summed E-state index contributed by atoms with van der Waals surface area (Å²) in [6, 6.07) is 17.2. The first-order valence-electron chi connectivity index (χ1n) is 6.68. The molecule has 0 spiro atoms. The number of hydrogen-bond donors (Lipinski definition) is 1. The van der Waals surface area contributed by atoms with Crippen LogP contribution in [-0.2, 0) is 11.2 Å². The van der Waals surface area contributed by atoms with Crippen LogP contribution < -0.4 is 4.74 Å². The molecule has 0 radical (unpaired) electrons. The maximum absolute atomic E-state index is 10.5. The Hall–Kier alpha value is -2.75. The number of fused-ring (bicyclic) bond motifs is 1. The van der Waals surface area contributed by atoms with Gasteiger partial charge in [-0.1, -0.05) is 36.4 Å². The first kappa shape index (κ1) is 13.2. The van der Waals surface area contributed by atoms with Gasteiger partial charge in [-0.3, -0.25) is 4.79 Å². The number of benzene rings is 2. The smallest absolute Gasteiger partial charge is 0.303 e. The Morgan fingerprint density at radius 1 is 1.05 bits per heavy atom. The van der Waals surface area contributed by atoms with E-state index in [9.17, 15) is 4.79 Å². The van der Waals surface area contributed by atoms with Crippen molar-refractivity contribution in [2.75, 3.05) is 0 Å². The van der Waals surface area contributed by atoms with Gasteiger partial charge in [0.25, 0.3) is 5.95 Å². The van der Waals surface area contributed by atoms with Gasteiger partial charge in [0.15, 0.2) is 0 Å². The molecule has 0 aliphatic carbocycles. The predicted molar refractivity (Wildman–Crippen MR) is 78.7 cm³/mol. The lowest BCUT2D eigenvalue weighted by Gasteiger charge is -2.06. The van der Waals surface area contributed by atoms with E-state index in [1.54, 1.807) is 12.1 Å². The fraction of sp³-hybridized carbons (Fsp3) is 0.118. The normalized spacial score (nSPS) is 10.7. The van der Waals surface area contributed by atoms with Crippen molar-refractivity contribution < 1.29 is 19.1 Å². The number of aliphatic carboxylic acids is 1. The molecule has 0 atom stereocenters. The summed E-state index contributed by atoms with van der Waals surface area (Å²) >= 11 is 0. The molecule has 0 saturated carbocycles. The highest BCUT2D eigenvalue weighted by atomic mass is 16.6. The van der Waals surface area contributed by atoms with Crippen LogP contribution in [0.2, 0.25) is 0 Å². The van der Waals surface area contributed by atoms with Crippen LogP contribution in [0.1, 0.15) is 12.2 Å². The molecular formula is C17H14O4. The standard InChI is InChI=1S/C17H14O4/c18-16(19)10-8-13-9-11-17(20-13)21-15-7-3-5-12-4-1-2-6-14(12)15/h1-7,9,11H,8,10H2,(H,18,19). The zero-order valence-corrected chi connectivity index (χ0v) is 11.3. The Morgan fingerprint density at radius 2 is 1.86 bits per heavy atom. The van der Waals surface area contributed by atoms with Crippen LogP contribution in [-0.4, -0.2) is 11.1 Å². The van der Waals surface area contributed by atoms with Crippen molar-refractivity contribution in [3.63, 3.8) is 0 Å². The highest BCUT2D eigenvalue weighted by Crippen LogP contribution is 2.30. The summed E-state index contributed by atoms with van der Waals surface area (Å²) in [6.07, 6.45) is 0.398. The number of carboxylic acid groups (broad SMARTS) is 1. The van der Waals surface area contributed by atoms with Crippen molar-refractivity contribution in [2.45, 2.75) is 12.8 Å². The Labute approximate surface area is 121 Å². The van der Waals surface area contributed by atoms with Crippen LogP contribution in [0, 0.1) is 0 Å². The summed E-state index contributed by atoms with van der Waals surface area (Å²) < 4.78 is 11.3. The molecule has 3 aromatic rings. The molecule has 3 rings (SSSR count). The molecule has 0 unspecified atom stereocenters. The second-order valence-electron chi connectivity index (χ2n) is 4.69. The fourth-order valence-corrected chi connectivity index (χ4v) is 2.17. The zero-order valence-electron chi connectivity index (χ0n) is 11.3. The molecule has 1 aromatic heterocycles. The number of aryl methyl sites for hydroxylation is 1. The van der Waals surface area contributed by atoms with E-state index in [1.807, 2.05) is 42.5 Å². The molecule has 4 heteroatoms. The average molecular weight is 282 g/mol. The molecular weight excluding hydrogens is 268 g/mol. The minimum Gasteiger partial charge on any atom is -0.481 e. The number of furan rings is 1. The highest BCUT2D eigenvalue weighted by Gasteiger charge is 2.08. The van der Waals surface area contributed by atoms with Crippen molar-refractivity contribution >= 4 is 16.7 Å². The van der Waals surface area contributed by atoms with E-state index in [-0.39, 0.29) is 6.42 Å². The van der Waals surface area contributed by atoms with Crippen LogP contribution in [0.4, 0.5) is 0 Å². The van der Waals surface area contributed by atoms with Crippen molar-refractivity contribution in [1.82, 2.24) is 0 Å². The van der Waals surface area contributed by atoms with E-state index < -0.39 is 5.97 Å². The van der Waals surface area contributed by atoms with Crippen LogP contribution in [0.3, 0.4) is 0 Å². The molecule has 0 aliphatic heterocycles. The van der Waals surface area contributed by atoms with Crippen molar-refractivity contribution in [2.24, 2.45) is 0 Å². The summed E-state index contributed by atoms with van der Waals surface area (Å²) in [5.74, 6) is 0.842. The summed E-state index contributed by atoms with van der Waals surface area (Å²) in [5.41, 5.74) is 0. The van der Waals surface area contributed by atoms with Crippen LogP contribution in [0.15, 0.2) is 59.0 Å². The number of ether oxygens (including phenoxy) is 1. The topological polar surface area (TPSA) is 59.7 Å². The number of carboxylic acids is 1. The summed E-state index contributed by atoms with van der Waals surface area (Å²) in [7, 11) is 0. The third-order valence-corrected chi connectivity index (χ3v) is 3.18. The predicted octanol–water partition coefficient (Wildman–Crippen LogP) is 4.24. The van der Waals surface area contributed by atoms with Crippen LogP contribution in [0.25, 0.3) is 10.8 Å². The van der Waals surface area contributed by atoms with Crippen molar-refractivity contribution in [3.05, 3.63) is 60.4 Å². The van der Waals surface area contributed by atoms with Crippen LogP contribution in [0.5, 0.6) is 11.7 Å². The lowest BCUT2D eigenvalue weighted by atomic mass is 10.1.